The predicted octanol–water partition coefficient (Wildman–Crippen LogP) is 3.18. The van der Waals surface area contributed by atoms with Gasteiger partial charge in [0.1, 0.15) is 24.0 Å². The van der Waals surface area contributed by atoms with Gasteiger partial charge >= 0.3 is 0 Å². The van der Waals surface area contributed by atoms with Gasteiger partial charge in [-0.25, -0.2) is 4.39 Å². The van der Waals surface area contributed by atoms with E-state index in [9.17, 15) is 4.39 Å². The van der Waals surface area contributed by atoms with E-state index in [0.29, 0.717) is 0 Å². The highest BCUT2D eigenvalue weighted by Gasteiger charge is 2.12. The van der Waals surface area contributed by atoms with Gasteiger partial charge in [0.05, 0.1) is 5.56 Å². The van der Waals surface area contributed by atoms with Crippen molar-refractivity contribution < 1.29 is 9.13 Å². The molecule has 6 heteroatoms. The quantitative estimate of drug-likeness (QED) is 0.656. The number of benzene rings is 2. The Morgan fingerprint density at radius 2 is 1.82 bits per heavy atom. The summed E-state index contributed by atoms with van der Waals surface area (Å²) in [4.78, 5) is 2.01. The van der Waals surface area contributed by atoms with Crippen molar-refractivity contribution in [2.45, 2.75) is 6.61 Å². The number of nitrogens with two attached hydrogens (primary N) is 1. The third kappa shape index (κ3) is 4.11. The topological polar surface area (TPSA) is 62.3 Å². The fourth-order valence-corrected chi connectivity index (χ4v) is 1.94. The summed E-state index contributed by atoms with van der Waals surface area (Å²) in [7, 11) is 3.94. The van der Waals surface area contributed by atoms with Crippen molar-refractivity contribution in [1.29, 1.82) is 5.41 Å². The third-order valence-corrected chi connectivity index (χ3v) is 3.09. The van der Waals surface area contributed by atoms with Gasteiger partial charge in [0, 0.05) is 19.8 Å². The van der Waals surface area contributed by atoms with E-state index >= 15 is 0 Å². The SMILES string of the molecule is CN(C)c1ccc(COc2cccc(F)c2C(=N)N)cc1.Cl. The lowest BCUT2D eigenvalue weighted by atomic mass is 10.1. The summed E-state index contributed by atoms with van der Waals surface area (Å²) >= 11 is 0. The highest BCUT2D eigenvalue weighted by Crippen LogP contribution is 2.22. The maximum absolute atomic E-state index is 13.7. The normalized spacial score (nSPS) is 9.77. The molecule has 0 aliphatic heterocycles. The largest absolute Gasteiger partial charge is 0.488 e. The van der Waals surface area contributed by atoms with E-state index in [2.05, 4.69) is 0 Å². The molecular formula is C16H19ClFN3O. The molecular weight excluding hydrogens is 305 g/mol. The standard InChI is InChI=1S/C16H18FN3O.ClH/c1-20(2)12-8-6-11(7-9-12)10-21-14-5-3-4-13(17)15(14)16(18)19;/h3-9H,10H2,1-2H3,(H3,18,19);1H. The molecule has 2 aromatic carbocycles. The Kier molecular flexibility index (Phi) is 6.19. The Morgan fingerprint density at radius 3 is 2.36 bits per heavy atom. The zero-order chi connectivity index (χ0) is 15.4. The summed E-state index contributed by atoms with van der Waals surface area (Å²) in [5, 5.41) is 7.43. The molecule has 3 N–H and O–H groups in total. The minimum atomic E-state index is -0.553. The molecule has 0 bridgehead atoms. The molecule has 0 aromatic heterocycles. The molecule has 2 rings (SSSR count). The molecule has 0 fully saturated rings. The number of hydrogen-bond donors (Lipinski definition) is 2. The first-order valence-corrected chi connectivity index (χ1v) is 6.51. The highest BCUT2D eigenvalue weighted by molar-refractivity contribution is 5.97. The first-order chi connectivity index (χ1) is 9.99. The average Bonchev–Trinajstić information content (AvgIpc) is 2.45. The summed E-state index contributed by atoms with van der Waals surface area (Å²) in [6.45, 7) is 0.289. The van der Waals surface area contributed by atoms with Gasteiger partial charge in [0.15, 0.2) is 0 Å². The Morgan fingerprint density at radius 1 is 1.18 bits per heavy atom. The van der Waals surface area contributed by atoms with Gasteiger partial charge in [-0.15, -0.1) is 12.4 Å². The lowest BCUT2D eigenvalue weighted by Gasteiger charge is -2.14. The molecule has 118 valence electrons. The lowest BCUT2D eigenvalue weighted by molar-refractivity contribution is 0.304. The molecule has 0 atom stereocenters. The molecule has 4 nitrogen and oxygen atoms in total. The first kappa shape index (κ1) is 17.8. The monoisotopic (exact) mass is 323 g/mol. The van der Waals surface area contributed by atoms with Crippen LogP contribution in [0.1, 0.15) is 11.1 Å². The summed E-state index contributed by atoms with van der Waals surface area (Å²) in [5.74, 6) is -0.617. The molecule has 2 aromatic rings. The average molecular weight is 324 g/mol. The van der Waals surface area contributed by atoms with Crippen molar-refractivity contribution in [3.63, 3.8) is 0 Å². The summed E-state index contributed by atoms with van der Waals surface area (Å²) in [5.41, 5.74) is 7.45. The van der Waals surface area contributed by atoms with E-state index in [4.69, 9.17) is 15.9 Å². The minimum Gasteiger partial charge on any atom is -0.488 e. The third-order valence-electron chi connectivity index (χ3n) is 3.09. The molecule has 0 spiro atoms. The van der Waals surface area contributed by atoms with Crippen LogP contribution in [0.4, 0.5) is 10.1 Å². The molecule has 0 saturated carbocycles. The Labute approximate surface area is 135 Å². The van der Waals surface area contributed by atoms with Crippen molar-refractivity contribution in [1.82, 2.24) is 0 Å². The fourth-order valence-electron chi connectivity index (χ4n) is 1.94. The van der Waals surface area contributed by atoms with Crippen molar-refractivity contribution in [3.8, 4) is 5.75 Å². The van der Waals surface area contributed by atoms with Gasteiger partial charge in [0.2, 0.25) is 0 Å². The number of rotatable bonds is 5. The second-order valence-electron chi connectivity index (χ2n) is 4.88. The van der Waals surface area contributed by atoms with Crippen LogP contribution in [-0.4, -0.2) is 19.9 Å². The van der Waals surface area contributed by atoms with Crippen LogP contribution in [0.5, 0.6) is 5.75 Å². The van der Waals surface area contributed by atoms with E-state index in [1.165, 1.54) is 12.1 Å². The van der Waals surface area contributed by atoms with Crippen molar-refractivity contribution in [2.75, 3.05) is 19.0 Å². The van der Waals surface area contributed by atoms with Gasteiger partial charge in [-0.05, 0) is 29.8 Å². The molecule has 0 unspecified atom stereocenters. The number of halogens is 2. The van der Waals surface area contributed by atoms with Crippen LogP contribution in [0.2, 0.25) is 0 Å². The second kappa shape index (κ2) is 7.66. The summed E-state index contributed by atoms with van der Waals surface area (Å²) < 4.78 is 19.3. The molecule has 0 aliphatic rings. The Bertz CT molecular complexity index is 644. The number of anilines is 1. The maximum atomic E-state index is 13.7. The second-order valence-corrected chi connectivity index (χ2v) is 4.88. The van der Waals surface area contributed by atoms with Gasteiger partial charge in [-0.3, -0.25) is 5.41 Å². The molecule has 0 radical (unpaired) electrons. The van der Waals surface area contributed by atoms with Crippen LogP contribution in [0.15, 0.2) is 42.5 Å². The van der Waals surface area contributed by atoms with E-state index in [0.717, 1.165) is 11.3 Å². The fraction of sp³-hybridized carbons (Fsp3) is 0.188. The zero-order valence-corrected chi connectivity index (χ0v) is 13.3. The number of amidine groups is 1. The van der Waals surface area contributed by atoms with E-state index < -0.39 is 5.82 Å². The number of nitrogens with one attached hydrogen (secondary N) is 1. The van der Waals surface area contributed by atoms with Crippen LogP contribution in [-0.2, 0) is 6.61 Å². The van der Waals surface area contributed by atoms with E-state index in [-0.39, 0.29) is 36.2 Å². The van der Waals surface area contributed by atoms with E-state index in [1.54, 1.807) is 6.07 Å². The van der Waals surface area contributed by atoms with Crippen LogP contribution >= 0.6 is 12.4 Å². The van der Waals surface area contributed by atoms with Crippen LogP contribution in [0.3, 0.4) is 0 Å². The van der Waals surface area contributed by atoms with E-state index in [1.807, 2.05) is 43.3 Å². The lowest BCUT2D eigenvalue weighted by Crippen LogP contribution is -2.15. The van der Waals surface area contributed by atoms with Crippen molar-refractivity contribution in [2.24, 2.45) is 5.73 Å². The number of nitrogen functional groups attached to an aromatic ring is 1. The van der Waals surface area contributed by atoms with Gasteiger partial charge < -0.3 is 15.4 Å². The molecule has 22 heavy (non-hydrogen) atoms. The van der Waals surface area contributed by atoms with Crippen LogP contribution in [0.25, 0.3) is 0 Å². The van der Waals surface area contributed by atoms with Crippen molar-refractivity contribution >= 4 is 23.9 Å². The number of hydrogen-bond acceptors (Lipinski definition) is 3. The zero-order valence-electron chi connectivity index (χ0n) is 12.5. The van der Waals surface area contributed by atoms with Gasteiger partial charge in [-0.2, -0.15) is 0 Å². The molecule has 0 amide bonds. The first-order valence-electron chi connectivity index (χ1n) is 6.51. The Hall–Kier alpha value is -2.27. The summed E-state index contributed by atoms with van der Waals surface area (Å²) in [6, 6.07) is 12.3. The number of nitrogens with zero attached hydrogens (tertiary/aromatic N) is 1. The predicted molar refractivity (Wildman–Crippen MR) is 89.8 cm³/mol. The molecule has 0 aliphatic carbocycles. The maximum Gasteiger partial charge on any atom is 0.137 e. The van der Waals surface area contributed by atoms with Gasteiger partial charge in [-0.1, -0.05) is 18.2 Å². The molecule has 0 heterocycles. The van der Waals surface area contributed by atoms with Crippen LogP contribution < -0.4 is 15.4 Å². The highest BCUT2D eigenvalue weighted by atomic mass is 35.5. The van der Waals surface area contributed by atoms with Crippen molar-refractivity contribution in [3.05, 3.63) is 59.4 Å². The smallest absolute Gasteiger partial charge is 0.137 e. The minimum absolute atomic E-state index is 0. The van der Waals surface area contributed by atoms with Gasteiger partial charge in [0.25, 0.3) is 0 Å². The number of ether oxygens (including phenoxy) is 1. The molecule has 0 saturated heterocycles. The van der Waals surface area contributed by atoms with Crippen LogP contribution in [0, 0.1) is 11.2 Å². The Balaban J connectivity index is 0.00000242. The summed E-state index contributed by atoms with van der Waals surface area (Å²) in [6.07, 6.45) is 0.